The number of amides is 4. The number of nitrogens with zero attached hydrogens (tertiary/aromatic N) is 5. The Morgan fingerprint density at radius 1 is 0.747 bits per heavy atom. The number of ketones is 1. The average molecular weight is 1050 g/mol. The monoisotopic (exact) mass is 1050 g/mol. The topological polar surface area (TPSA) is 132 Å². The fourth-order valence-corrected chi connectivity index (χ4v) is 10.0. The first kappa shape index (κ1) is 55.7. The second kappa shape index (κ2) is 26.9. The van der Waals surface area contributed by atoms with Gasteiger partial charge in [0.15, 0.2) is 11.9 Å². The van der Waals surface area contributed by atoms with Gasteiger partial charge in [0, 0.05) is 88.1 Å². The smallest absolute Gasteiger partial charge is 0.416 e. The predicted octanol–water partition coefficient (Wildman–Crippen LogP) is 9.76. The van der Waals surface area contributed by atoms with Crippen LogP contribution in [0.5, 0.6) is 5.75 Å². The molecule has 0 unspecified atom stereocenters. The van der Waals surface area contributed by atoms with Crippen molar-refractivity contribution < 1.29 is 50.7 Å². The lowest BCUT2D eigenvalue weighted by Crippen LogP contribution is -2.49. The number of benzene rings is 5. The van der Waals surface area contributed by atoms with Crippen LogP contribution >= 0.6 is 11.8 Å². The van der Waals surface area contributed by atoms with Crippen molar-refractivity contribution in [2.45, 2.75) is 76.4 Å². The van der Waals surface area contributed by atoms with Crippen molar-refractivity contribution in [3.63, 3.8) is 0 Å². The minimum atomic E-state index is -4.51. The van der Waals surface area contributed by atoms with Crippen LogP contribution in [0.2, 0.25) is 0 Å². The molecule has 0 saturated carbocycles. The van der Waals surface area contributed by atoms with E-state index < -0.39 is 23.8 Å². The molecule has 2 saturated heterocycles. The highest BCUT2D eigenvalue weighted by Gasteiger charge is 2.34. The molecular weight excluding hydrogens is 992 g/mol. The molecule has 9 rings (SSSR count). The maximum Gasteiger partial charge on any atom is 0.416 e. The highest BCUT2D eigenvalue weighted by molar-refractivity contribution is 7.99. The molecule has 18 heteroatoms. The Morgan fingerprint density at radius 3 is 2.16 bits per heavy atom. The molecule has 0 radical (unpaired) electrons. The van der Waals surface area contributed by atoms with Crippen LogP contribution in [0, 0.1) is 17.6 Å². The SMILES string of the molecule is C[C@H](Oc1ccc(F)cc1)C(=O)N1CCc2ccccc2C1.O=C(CSCc1ccccc1)N1CCN(c2ccccc2F)CC1.O=C1CCC(CCC(=O)N2CCC[C@H](C(=O)c3cccc(C(F)(F)F)c3)C2)=NN1. The summed E-state index contributed by atoms with van der Waals surface area (Å²) in [4.78, 5) is 68.5. The molecule has 5 aromatic carbocycles. The van der Waals surface area contributed by atoms with Crippen LogP contribution in [0.1, 0.15) is 78.1 Å². The summed E-state index contributed by atoms with van der Waals surface area (Å²) in [5.74, 6) is 0.307. The molecule has 4 amide bonds. The molecule has 0 spiro atoms. The highest BCUT2D eigenvalue weighted by atomic mass is 32.2. The molecule has 0 aromatic heterocycles. The number of likely N-dealkylation sites (tertiary alicyclic amines) is 1. The van der Waals surface area contributed by atoms with Crippen molar-refractivity contribution >= 4 is 52.6 Å². The number of thioether (sulfide) groups is 1. The fraction of sp³-hybridized carbons (Fsp3) is 0.368. The second-order valence-electron chi connectivity index (χ2n) is 18.6. The number of hydrogen-bond acceptors (Lipinski definition) is 9. The maximum atomic E-state index is 13.8. The van der Waals surface area contributed by atoms with Crippen molar-refractivity contribution in [1.29, 1.82) is 0 Å². The van der Waals surface area contributed by atoms with Gasteiger partial charge in [-0.05, 0) is 104 Å². The quantitative estimate of drug-likeness (QED) is 0.0912. The molecular formula is C57H61F5N6O6S. The Morgan fingerprint density at radius 2 is 1.45 bits per heavy atom. The summed E-state index contributed by atoms with van der Waals surface area (Å²) < 4.78 is 71.0. The van der Waals surface area contributed by atoms with E-state index in [1.165, 1.54) is 59.2 Å². The summed E-state index contributed by atoms with van der Waals surface area (Å²) in [6.45, 7) is 6.43. The fourth-order valence-electron chi connectivity index (χ4n) is 9.14. The number of ether oxygens (including phenoxy) is 1. The molecule has 75 heavy (non-hydrogen) atoms. The van der Waals surface area contributed by atoms with Gasteiger partial charge < -0.3 is 24.3 Å². The normalized spacial score (nSPS) is 16.9. The Balaban J connectivity index is 0.000000166. The van der Waals surface area contributed by atoms with Crippen LogP contribution in [0.25, 0.3) is 0 Å². The third kappa shape index (κ3) is 16.5. The minimum absolute atomic E-state index is 0.0198. The number of alkyl halides is 3. The Kier molecular flexibility index (Phi) is 20.0. The first-order chi connectivity index (χ1) is 36.1. The van der Waals surface area contributed by atoms with Gasteiger partial charge in [-0.15, -0.1) is 11.8 Å². The molecule has 396 valence electrons. The van der Waals surface area contributed by atoms with E-state index in [4.69, 9.17) is 4.74 Å². The number of para-hydroxylation sites is 1. The number of halogens is 5. The number of Topliss-reactive ketones (excluding diaryl/α,β-unsaturated/α-hetero) is 1. The van der Waals surface area contributed by atoms with E-state index in [9.17, 15) is 45.9 Å². The molecule has 0 aliphatic carbocycles. The molecule has 2 atom stereocenters. The van der Waals surface area contributed by atoms with E-state index in [0.717, 1.165) is 30.0 Å². The molecule has 1 N–H and O–H groups in total. The maximum absolute atomic E-state index is 13.8. The number of hydrazone groups is 1. The first-order valence-corrected chi connectivity index (χ1v) is 26.3. The Hall–Kier alpha value is -7.08. The van der Waals surface area contributed by atoms with Crippen molar-refractivity contribution in [1.82, 2.24) is 20.1 Å². The number of carbonyl (C=O) groups is 5. The zero-order valence-corrected chi connectivity index (χ0v) is 42.6. The summed E-state index contributed by atoms with van der Waals surface area (Å²) in [6, 6.07) is 35.3. The lowest BCUT2D eigenvalue weighted by molar-refractivity contribution is -0.139. The van der Waals surface area contributed by atoms with Gasteiger partial charge in [-0.3, -0.25) is 24.0 Å². The molecule has 4 heterocycles. The number of rotatable bonds is 13. The van der Waals surface area contributed by atoms with Crippen molar-refractivity contribution in [2.75, 3.05) is 56.5 Å². The highest BCUT2D eigenvalue weighted by Crippen LogP contribution is 2.31. The second-order valence-corrected chi connectivity index (χ2v) is 19.6. The third-order valence-corrected chi connectivity index (χ3v) is 14.3. The van der Waals surface area contributed by atoms with Crippen molar-refractivity contribution in [3.8, 4) is 5.75 Å². The van der Waals surface area contributed by atoms with Gasteiger partial charge in [0.05, 0.1) is 17.0 Å². The Labute approximate surface area is 438 Å². The number of hydrogen-bond donors (Lipinski definition) is 1. The van der Waals surface area contributed by atoms with E-state index in [-0.39, 0.29) is 59.6 Å². The largest absolute Gasteiger partial charge is 0.481 e. The zero-order valence-electron chi connectivity index (χ0n) is 41.8. The first-order valence-electron chi connectivity index (χ1n) is 25.1. The summed E-state index contributed by atoms with van der Waals surface area (Å²) in [5.41, 5.74) is 6.67. The number of fused-ring (bicyclic) bond motifs is 1. The average Bonchev–Trinajstić information content (AvgIpc) is 3.43. The number of nitrogens with one attached hydrogen (secondary N) is 1. The standard InChI is InChI=1S/C20H22F3N3O3.C19H21FN2OS.C18H18FNO2/c21-20(22,23)15-5-1-3-13(11-15)19(29)14-4-2-10-26(12-14)18(28)9-7-16-6-8-17(27)25-24-16;20-17-8-4-5-9-18(17)21-10-12-22(13-11-21)19(23)15-24-14-16-6-2-1-3-7-16;1-13(22-17-8-6-16(19)7-9-17)18(21)20-11-10-14-4-2-3-5-15(14)12-20/h1,3,5,11,14H,2,4,6-10,12H2,(H,25,27);1-9H,10-15H2;2-9,13H,10-12H2,1H3/t14-;;13-/m0.0/s1. The van der Waals surface area contributed by atoms with Crippen LogP contribution in [0.3, 0.4) is 0 Å². The van der Waals surface area contributed by atoms with Crippen LogP contribution < -0.4 is 15.1 Å². The number of anilines is 1. The van der Waals surface area contributed by atoms with Crippen molar-refractivity contribution in [2.24, 2.45) is 11.0 Å². The van der Waals surface area contributed by atoms with E-state index in [2.05, 4.69) is 34.8 Å². The summed E-state index contributed by atoms with van der Waals surface area (Å²) >= 11 is 1.64. The number of carbonyl (C=O) groups excluding carboxylic acids is 5. The van der Waals surface area contributed by atoms with Gasteiger partial charge in [0.25, 0.3) is 5.91 Å². The van der Waals surface area contributed by atoms with Gasteiger partial charge >= 0.3 is 6.18 Å². The van der Waals surface area contributed by atoms with Crippen molar-refractivity contribution in [3.05, 3.63) is 167 Å². The number of piperidine rings is 1. The molecule has 12 nitrogen and oxygen atoms in total. The molecule has 2 fully saturated rings. The van der Waals surface area contributed by atoms with Gasteiger partial charge in [0.1, 0.15) is 17.4 Å². The van der Waals surface area contributed by atoms with Gasteiger partial charge in [0.2, 0.25) is 17.7 Å². The summed E-state index contributed by atoms with van der Waals surface area (Å²) in [7, 11) is 0. The van der Waals surface area contributed by atoms with E-state index in [0.29, 0.717) is 95.1 Å². The van der Waals surface area contributed by atoms with E-state index >= 15 is 0 Å². The van der Waals surface area contributed by atoms with Crippen LogP contribution in [0.15, 0.2) is 132 Å². The zero-order chi connectivity index (χ0) is 53.3. The van der Waals surface area contributed by atoms with Gasteiger partial charge in [-0.2, -0.15) is 18.3 Å². The van der Waals surface area contributed by atoms with Gasteiger partial charge in [-0.1, -0.05) is 78.9 Å². The summed E-state index contributed by atoms with van der Waals surface area (Å²) in [5, 5.41) is 3.94. The van der Waals surface area contributed by atoms with Crippen LogP contribution in [0.4, 0.5) is 27.6 Å². The van der Waals surface area contributed by atoms with Crippen LogP contribution in [-0.4, -0.2) is 107 Å². The van der Waals surface area contributed by atoms with Crippen LogP contribution in [-0.2, 0) is 44.1 Å². The lowest BCUT2D eigenvalue weighted by Gasteiger charge is -2.36. The lowest BCUT2D eigenvalue weighted by atomic mass is 9.89. The number of piperazine rings is 1. The minimum Gasteiger partial charge on any atom is -0.481 e. The molecule has 4 aliphatic rings. The summed E-state index contributed by atoms with van der Waals surface area (Å²) in [6.07, 6.45) is -1.54. The molecule has 0 bridgehead atoms. The molecule has 4 aliphatic heterocycles. The van der Waals surface area contributed by atoms with E-state index in [1.807, 2.05) is 51.1 Å². The predicted molar refractivity (Wildman–Crippen MR) is 279 cm³/mol. The van der Waals surface area contributed by atoms with Gasteiger partial charge in [-0.25, -0.2) is 14.2 Å². The Bertz CT molecular complexity index is 2770. The third-order valence-electron chi connectivity index (χ3n) is 13.3. The van der Waals surface area contributed by atoms with E-state index in [1.54, 1.807) is 35.7 Å². The molecule has 5 aromatic rings.